The van der Waals surface area contributed by atoms with Gasteiger partial charge in [-0.2, -0.15) is 0 Å². The van der Waals surface area contributed by atoms with E-state index < -0.39 is 73.5 Å². The van der Waals surface area contributed by atoms with Crippen LogP contribution in [-0.2, 0) is 64.0 Å². The molecule has 1 amide bonds. The monoisotopic (exact) mass is 631 g/mol. The Morgan fingerprint density at radius 1 is 1.00 bits per heavy atom. The first kappa shape index (κ1) is 32.5. The molecule has 3 rings (SSSR count). The summed E-state index contributed by atoms with van der Waals surface area (Å²) in [5.41, 5.74) is 0. The number of rotatable bonds is 10. The molecule has 224 valence electrons. The first-order valence-corrected chi connectivity index (χ1v) is 15.9. The number of amides is 1. The molecule has 2 heterocycles. The molecule has 0 aromatic heterocycles. The predicted octanol–water partition coefficient (Wildman–Crippen LogP) is 0.787. The Bertz CT molecular complexity index is 1250. The first-order chi connectivity index (χ1) is 19.4. The maximum Gasteiger partial charge on any atom is 0.303 e. The molecular formula is C24H30N3O11PS2. The molecule has 2 saturated heterocycles. The smallest absolute Gasteiger partial charge is 0.303 e. The number of benzene rings is 1. The summed E-state index contributed by atoms with van der Waals surface area (Å²) in [4.78, 5) is 62.2. The van der Waals surface area contributed by atoms with Crippen molar-refractivity contribution in [2.24, 2.45) is 5.10 Å². The number of hydrogen-bond donors (Lipinski definition) is 1. The maximum atomic E-state index is 13.2. The van der Waals surface area contributed by atoms with Gasteiger partial charge < -0.3 is 28.2 Å². The van der Waals surface area contributed by atoms with Crippen molar-refractivity contribution in [2.75, 3.05) is 19.5 Å². The SMILES string of the molecule is COP(=S)(N/N=C1\SCC(=O)N1[C@@H]1O[C@H](COC(C)=O)[C@H](OC(C)=O)[C@H](OC(C)=O)[C@H]1OC(C)=O)c1ccccc1. The van der Waals surface area contributed by atoms with E-state index in [-0.39, 0.29) is 10.9 Å². The third kappa shape index (κ3) is 8.26. The van der Waals surface area contributed by atoms with Gasteiger partial charge in [-0.15, -0.1) is 5.10 Å². The highest BCUT2D eigenvalue weighted by atomic mass is 32.4. The number of carbonyl (C=O) groups excluding carboxylic acids is 5. The van der Waals surface area contributed by atoms with Gasteiger partial charge in [0.1, 0.15) is 12.7 Å². The second-order valence-electron chi connectivity index (χ2n) is 8.71. The van der Waals surface area contributed by atoms with E-state index in [9.17, 15) is 24.0 Å². The van der Waals surface area contributed by atoms with Gasteiger partial charge >= 0.3 is 23.9 Å². The molecule has 17 heteroatoms. The van der Waals surface area contributed by atoms with Crippen molar-refractivity contribution in [1.29, 1.82) is 0 Å². The number of esters is 4. The summed E-state index contributed by atoms with van der Waals surface area (Å²) in [5.74, 6) is -3.57. The van der Waals surface area contributed by atoms with E-state index in [0.717, 1.165) is 44.4 Å². The standard InChI is InChI=1S/C24H30N3O11PS2/c1-13(28)34-11-18-20(35-14(2)29)21(36-15(3)30)22(37-16(4)31)23(38-18)27-19(32)12-41-24(27)25-26-39(40,33-5)17-9-7-6-8-10-17/h6-10,18,20-23H,11-12H2,1-5H3,(H,26,40)/b25-24-/t18-,20+,21+,22-,23-,39?/m1/s1. The zero-order valence-corrected chi connectivity index (χ0v) is 25.4. The third-order valence-electron chi connectivity index (χ3n) is 5.65. The number of amidine groups is 1. The molecule has 2 aliphatic heterocycles. The van der Waals surface area contributed by atoms with Crippen molar-refractivity contribution >= 4 is 70.2 Å². The second-order valence-corrected chi connectivity index (χ2v) is 13.4. The van der Waals surface area contributed by atoms with Gasteiger partial charge in [-0.05, 0) is 23.9 Å². The molecule has 0 spiro atoms. The van der Waals surface area contributed by atoms with Crippen LogP contribution in [0.2, 0.25) is 0 Å². The fourth-order valence-corrected chi connectivity index (χ4v) is 6.66. The predicted molar refractivity (Wildman–Crippen MR) is 149 cm³/mol. The zero-order valence-electron chi connectivity index (χ0n) is 22.8. The molecule has 41 heavy (non-hydrogen) atoms. The van der Waals surface area contributed by atoms with Gasteiger partial charge in [0.15, 0.2) is 36.1 Å². The van der Waals surface area contributed by atoms with Crippen LogP contribution in [0.3, 0.4) is 0 Å². The second kappa shape index (κ2) is 14.2. The third-order valence-corrected chi connectivity index (χ3v) is 9.77. The lowest BCUT2D eigenvalue weighted by Crippen LogP contribution is -2.66. The van der Waals surface area contributed by atoms with Gasteiger partial charge in [0.2, 0.25) is 5.91 Å². The van der Waals surface area contributed by atoms with Crippen LogP contribution in [0, 0.1) is 0 Å². The summed E-state index contributed by atoms with van der Waals surface area (Å²) >= 11 is 6.76. The quantitative estimate of drug-likeness (QED) is 0.166. The minimum atomic E-state index is -2.89. The highest BCUT2D eigenvalue weighted by Gasteiger charge is 2.56. The normalized spacial score (nSPS) is 26.6. The molecule has 0 saturated carbocycles. The lowest BCUT2D eigenvalue weighted by molar-refractivity contribution is -0.268. The van der Waals surface area contributed by atoms with Crippen LogP contribution in [0.5, 0.6) is 0 Å². The van der Waals surface area contributed by atoms with E-state index in [0.29, 0.717) is 5.30 Å². The summed E-state index contributed by atoms with van der Waals surface area (Å²) in [6.45, 7) is 4.06. The molecule has 1 unspecified atom stereocenters. The Hall–Kier alpha value is -3.04. The molecule has 0 aliphatic carbocycles. The largest absolute Gasteiger partial charge is 0.463 e. The van der Waals surface area contributed by atoms with Crippen molar-refractivity contribution in [1.82, 2.24) is 10.1 Å². The highest BCUT2D eigenvalue weighted by Crippen LogP contribution is 2.41. The molecule has 1 N–H and O–H groups in total. The van der Waals surface area contributed by atoms with Crippen molar-refractivity contribution in [3.8, 4) is 0 Å². The van der Waals surface area contributed by atoms with E-state index in [2.05, 4.69) is 10.3 Å². The maximum absolute atomic E-state index is 13.2. The molecule has 0 bridgehead atoms. The topological polar surface area (TPSA) is 168 Å². The van der Waals surface area contributed by atoms with Crippen LogP contribution < -0.4 is 10.5 Å². The van der Waals surface area contributed by atoms with Crippen molar-refractivity contribution in [3.05, 3.63) is 30.3 Å². The summed E-state index contributed by atoms with van der Waals surface area (Å²) in [5, 5.41) is 8.01. The molecule has 2 aliphatic rings. The fraction of sp³-hybridized carbons (Fsp3) is 0.500. The molecule has 14 nitrogen and oxygen atoms in total. The zero-order chi connectivity index (χ0) is 30.3. The molecule has 2 fully saturated rings. The Balaban J connectivity index is 2.06. The molecule has 0 radical (unpaired) electrons. The van der Waals surface area contributed by atoms with Crippen LogP contribution in [0.1, 0.15) is 27.7 Å². The van der Waals surface area contributed by atoms with E-state index in [1.54, 1.807) is 24.3 Å². The van der Waals surface area contributed by atoms with Crippen LogP contribution in [-0.4, -0.2) is 90.0 Å². The average Bonchev–Trinajstić information content (AvgIpc) is 3.28. The van der Waals surface area contributed by atoms with Crippen molar-refractivity contribution in [3.63, 3.8) is 0 Å². The minimum Gasteiger partial charge on any atom is -0.463 e. The van der Waals surface area contributed by atoms with Crippen molar-refractivity contribution < 1.29 is 52.2 Å². The average molecular weight is 632 g/mol. The van der Waals surface area contributed by atoms with E-state index in [4.69, 9.17) is 40.0 Å². The van der Waals surface area contributed by atoms with Crippen LogP contribution in [0.15, 0.2) is 35.4 Å². The van der Waals surface area contributed by atoms with Gasteiger partial charge in [-0.3, -0.25) is 34.1 Å². The van der Waals surface area contributed by atoms with E-state index >= 15 is 0 Å². The Labute approximate surface area is 245 Å². The Morgan fingerprint density at radius 3 is 2.15 bits per heavy atom. The number of carbonyl (C=O) groups is 5. The summed E-state index contributed by atoms with van der Waals surface area (Å²) in [6, 6.07) is 8.97. The van der Waals surface area contributed by atoms with Gasteiger partial charge in [-0.25, -0.2) is 0 Å². The number of hydrogen-bond acceptors (Lipinski definition) is 14. The van der Waals surface area contributed by atoms with Crippen LogP contribution in [0.4, 0.5) is 0 Å². The summed E-state index contributed by atoms with van der Waals surface area (Å²) < 4.78 is 33.1. The molecule has 1 aromatic carbocycles. The number of nitrogens with zero attached hydrogens (tertiary/aromatic N) is 2. The Kier molecular flexibility index (Phi) is 11.3. The lowest BCUT2D eigenvalue weighted by Gasteiger charge is -2.46. The lowest BCUT2D eigenvalue weighted by atomic mass is 9.96. The molecule has 6 atom stereocenters. The number of thioether (sulfide) groups is 1. The van der Waals surface area contributed by atoms with E-state index in [1.165, 1.54) is 7.11 Å². The number of hydrazone groups is 1. The summed E-state index contributed by atoms with van der Waals surface area (Å²) in [7, 11) is 1.44. The highest BCUT2D eigenvalue weighted by molar-refractivity contribution is 8.15. The minimum absolute atomic E-state index is 0.0609. The van der Waals surface area contributed by atoms with Crippen LogP contribution in [0.25, 0.3) is 0 Å². The van der Waals surface area contributed by atoms with Gasteiger partial charge in [-0.1, -0.05) is 30.0 Å². The first-order valence-electron chi connectivity index (χ1n) is 12.2. The van der Waals surface area contributed by atoms with Crippen LogP contribution >= 0.6 is 18.2 Å². The number of ether oxygens (including phenoxy) is 5. The van der Waals surface area contributed by atoms with Gasteiger partial charge in [0.05, 0.1) is 5.75 Å². The Morgan fingerprint density at radius 2 is 1.59 bits per heavy atom. The molecular weight excluding hydrogens is 601 g/mol. The van der Waals surface area contributed by atoms with Gasteiger partial charge in [0, 0.05) is 40.1 Å². The van der Waals surface area contributed by atoms with E-state index in [1.807, 2.05) is 6.07 Å². The fourth-order valence-electron chi connectivity index (χ4n) is 4.06. The van der Waals surface area contributed by atoms with Gasteiger partial charge in [0.25, 0.3) is 0 Å². The molecule has 1 aromatic rings. The summed E-state index contributed by atoms with van der Waals surface area (Å²) in [6.07, 6.45) is -9.83. The number of nitrogens with one attached hydrogen (secondary N) is 1. The van der Waals surface area contributed by atoms with Crippen molar-refractivity contribution in [2.45, 2.75) is 58.3 Å².